The van der Waals surface area contributed by atoms with Crippen LogP contribution in [-0.4, -0.2) is 37.0 Å². The number of hydrogen-bond acceptors (Lipinski definition) is 7. The minimum absolute atomic E-state index is 0.0122. The van der Waals surface area contributed by atoms with Gasteiger partial charge in [0.2, 0.25) is 11.0 Å². The molecule has 3 aromatic rings. The van der Waals surface area contributed by atoms with E-state index < -0.39 is 15.9 Å². The van der Waals surface area contributed by atoms with E-state index in [-0.39, 0.29) is 15.4 Å². The van der Waals surface area contributed by atoms with Crippen molar-refractivity contribution >= 4 is 49.7 Å². The number of nitrogens with zero attached hydrogens (tertiary/aromatic N) is 3. The molecule has 0 radical (unpaired) electrons. The van der Waals surface area contributed by atoms with Crippen molar-refractivity contribution in [2.75, 3.05) is 21.5 Å². The van der Waals surface area contributed by atoms with E-state index in [1.807, 2.05) is 6.07 Å². The molecule has 0 saturated carbocycles. The summed E-state index contributed by atoms with van der Waals surface area (Å²) in [6.07, 6.45) is 1.26. The van der Waals surface area contributed by atoms with Crippen molar-refractivity contribution in [2.45, 2.75) is 24.1 Å². The number of hydrogen-bond donors (Lipinski definition) is 2. The first-order valence-corrected chi connectivity index (χ1v) is 11.8. The van der Waals surface area contributed by atoms with Crippen LogP contribution in [0.2, 0.25) is 0 Å². The smallest absolute Gasteiger partial charge is 0.291 e. The summed E-state index contributed by atoms with van der Waals surface area (Å²) in [5, 5.41) is 10.1. The van der Waals surface area contributed by atoms with Crippen LogP contribution in [0.1, 0.15) is 28.8 Å². The van der Waals surface area contributed by atoms with Crippen LogP contribution in [0.4, 0.5) is 16.5 Å². The molecule has 0 atom stereocenters. The monoisotopic (exact) mass is 457 g/mol. The lowest BCUT2D eigenvalue weighted by molar-refractivity contribution is -0.117. The lowest BCUT2D eigenvalue weighted by Gasteiger charge is -2.16. The minimum atomic E-state index is -4.01. The summed E-state index contributed by atoms with van der Waals surface area (Å²) < 4.78 is 27.6. The van der Waals surface area contributed by atoms with Crippen molar-refractivity contribution in [3.8, 4) is 0 Å². The molecule has 0 unspecified atom stereocenters. The first kappa shape index (κ1) is 20.9. The summed E-state index contributed by atoms with van der Waals surface area (Å²) in [6, 6.07) is 13.7. The second-order valence-electron chi connectivity index (χ2n) is 6.95. The second kappa shape index (κ2) is 8.44. The van der Waals surface area contributed by atoms with Crippen LogP contribution in [0.15, 0.2) is 52.9 Å². The number of amides is 2. The largest absolute Gasteiger partial charge is 0.312 e. The Labute approximate surface area is 183 Å². The average Bonchev–Trinajstić information content (AvgIpc) is 3.37. The quantitative estimate of drug-likeness (QED) is 0.549. The summed E-state index contributed by atoms with van der Waals surface area (Å²) in [5.74, 6) is -0.382. The van der Waals surface area contributed by atoms with Gasteiger partial charge in [0, 0.05) is 24.2 Å². The first-order chi connectivity index (χ1) is 14.8. The van der Waals surface area contributed by atoms with Crippen molar-refractivity contribution in [3.05, 3.63) is 59.7 Å². The molecule has 1 aliphatic heterocycles. The van der Waals surface area contributed by atoms with Gasteiger partial charge in [0.1, 0.15) is 0 Å². The lowest BCUT2D eigenvalue weighted by atomic mass is 10.1. The van der Waals surface area contributed by atoms with Gasteiger partial charge in [-0.25, -0.2) is 0 Å². The molecule has 4 rings (SSSR count). The highest BCUT2D eigenvalue weighted by Crippen LogP contribution is 2.27. The molecule has 0 spiro atoms. The fraction of sp³-hybridized carbons (Fsp3) is 0.200. The Bertz CT molecular complexity index is 1260. The molecule has 2 amide bonds. The number of anilines is 3. The molecule has 2 aromatic carbocycles. The summed E-state index contributed by atoms with van der Waals surface area (Å²) in [6.45, 7) is 2.41. The van der Waals surface area contributed by atoms with Crippen molar-refractivity contribution in [1.29, 1.82) is 0 Å². The van der Waals surface area contributed by atoms with E-state index in [0.29, 0.717) is 29.9 Å². The predicted molar refractivity (Wildman–Crippen MR) is 118 cm³/mol. The number of sulfonamides is 1. The molecule has 11 heteroatoms. The van der Waals surface area contributed by atoms with Gasteiger partial charge in [-0.3, -0.25) is 19.6 Å². The highest BCUT2D eigenvalue weighted by Gasteiger charge is 2.24. The van der Waals surface area contributed by atoms with Crippen LogP contribution >= 0.6 is 11.3 Å². The highest BCUT2D eigenvalue weighted by atomic mass is 32.2. The fourth-order valence-corrected chi connectivity index (χ4v) is 5.16. The normalized spacial score (nSPS) is 14.0. The molecule has 31 heavy (non-hydrogen) atoms. The van der Waals surface area contributed by atoms with Crippen molar-refractivity contribution in [1.82, 2.24) is 10.2 Å². The maximum Gasteiger partial charge on any atom is 0.291 e. The Morgan fingerprint density at radius 1 is 1.13 bits per heavy atom. The van der Waals surface area contributed by atoms with E-state index in [9.17, 15) is 18.0 Å². The molecule has 1 aromatic heterocycles. The van der Waals surface area contributed by atoms with Crippen LogP contribution in [0.3, 0.4) is 0 Å². The van der Waals surface area contributed by atoms with Crippen molar-refractivity contribution in [3.63, 3.8) is 0 Å². The lowest BCUT2D eigenvalue weighted by Crippen LogP contribution is -2.23. The summed E-state index contributed by atoms with van der Waals surface area (Å²) >= 11 is 0.749. The Morgan fingerprint density at radius 3 is 2.68 bits per heavy atom. The maximum atomic E-state index is 12.7. The number of benzene rings is 2. The van der Waals surface area contributed by atoms with Crippen molar-refractivity contribution < 1.29 is 18.0 Å². The van der Waals surface area contributed by atoms with Gasteiger partial charge >= 0.3 is 0 Å². The summed E-state index contributed by atoms with van der Waals surface area (Å²) in [7, 11) is -4.01. The first-order valence-electron chi connectivity index (χ1n) is 9.47. The van der Waals surface area contributed by atoms with Gasteiger partial charge in [-0.2, -0.15) is 8.42 Å². The van der Waals surface area contributed by atoms with Crippen LogP contribution in [0, 0.1) is 6.92 Å². The molecule has 0 bridgehead atoms. The Hall–Kier alpha value is -3.31. The van der Waals surface area contributed by atoms with Gasteiger partial charge in [-0.1, -0.05) is 35.6 Å². The number of aryl methyl sites for hydroxylation is 1. The molecule has 9 nitrogen and oxygen atoms in total. The summed E-state index contributed by atoms with van der Waals surface area (Å²) in [5.41, 5.74) is 2.19. The van der Waals surface area contributed by atoms with Gasteiger partial charge in [0.15, 0.2) is 0 Å². The van der Waals surface area contributed by atoms with E-state index in [2.05, 4.69) is 20.2 Å². The van der Waals surface area contributed by atoms with Gasteiger partial charge in [0.25, 0.3) is 20.3 Å². The predicted octanol–water partition coefficient (Wildman–Crippen LogP) is 3.03. The second-order valence-corrected chi connectivity index (χ2v) is 9.78. The number of carbonyl (C=O) groups excluding carboxylic acids is 2. The molecule has 160 valence electrons. The molecular weight excluding hydrogens is 438 g/mol. The number of nitrogens with one attached hydrogen (secondary N) is 2. The van der Waals surface area contributed by atoms with Gasteiger partial charge in [-0.15, -0.1) is 10.2 Å². The van der Waals surface area contributed by atoms with Crippen LogP contribution in [0.5, 0.6) is 0 Å². The zero-order valence-electron chi connectivity index (χ0n) is 16.5. The molecule has 0 aliphatic carbocycles. The topological polar surface area (TPSA) is 121 Å². The highest BCUT2D eigenvalue weighted by molar-refractivity contribution is 7.94. The third-order valence-electron chi connectivity index (χ3n) is 4.73. The molecule has 1 aliphatic rings. The zero-order valence-corrected chi connectivity index (χ0v) is 18.2. The third-order valence-corrected chi connectivity index (χ3v) is 7.32. The molecule has 2 N–H and O–H groups in total. The molecule has 1 fully saturated rings. The van der Waals surface area contributed by atoms with E-state index >= 15 is 0 Å². The van der Waals surface area contributed by atoms with Crippen LogP contribution in [0.25, 0.3) is 0 Å². The molecule has 1 saturated heterocycles. The fourth-order valence-electron chi connectivity index (χ4n) is 3.22. The van der Waals surface area contributed by atoms with E-state index in [1.165, 1.54) is 0 Å². The van der Waals surface area contributed by atoms with Crippen LogP contribution < -0.4 is 14.9 Å². The molecular formula is C20H19N5O4S2. The van der Waals surface area contributed by atoms with Gasteiger partial charge < -0.3 is 4.90 Å². The van der Waals surface area contributed by atoms with Crippen LogP contribution in [-0.2, 0) is 14.8 Å². The third kappa shape index (κ3) is 4.57. The Morgan fingerprint density at radius 2 is 1.94 bits per heavy atom. The van der Waals surface area contributed by atoms with E-state index in [1.54, 1.807) is 54.3 Å². The van der Waals surface area contributed by atoms with E-state index in [4.69, 9.17) is 0 Å². The SMILES string of the molecule is Cc1ccccc1C(=O)Nc1nnc(S(=O)(=O)Nc2cccc(N3CCCC3=O)c2)s1. The maximum absolute atomic E-state index is 12.7. The average molecular weight is 458 g/mol. The van der Waals surface area contributed by atoms with Gasteiger partial charge in [-0.05, 0) is 43.2 Å². The minimum Gasteiger partial charge on any atom is -0.312 e. The Kier molecular flexibility index (Phi) is 5.70. The Balaban J connectivity index is 1.49. The van der Waals surface area contributed by atoms with E-state index in [0.717, 1.165) is 23.3 Å². The van der Waals surface area contributed by atoms with Crippen molar-refractivity contribution in [2.24, 2.45) is 0 Å². The zero-order chi connectivity index (χ0) is 22.0. The van der Waals surface area contributed by atoms with Gasteiger partial charge in [0.05, 0.1) is 5.69 Å². The number of carbonyl (C=O) groups is 2. The summed E-state index contributed by atoms with van der Waals surface area (Å²) in [4.78, 5) is 26.0. The standard InChI is InChI=1S/C20H19N5O4S2/c1-13-6-2-3-9-16(13)18(27)21-19-22-23-20(30-19)31(28,29)24-14-7-4-8-15(12-14)25-11-5-10-17(25)26/h2-4,6-9,12,24H,5,10-11H2,1H3,(H,21,22,27). The number of rotatable bonds is 6. The number of aromatic nitrogens is 2. The molecule has 2 heterocycles.